The van der Waals surface area contributed by atoms with Gasteiger partial charge in [0.25, 0.3) is 0 Å². The van der Waals surface area contributed by atoms with Crippen LogP contribution in [0.4, 0.5) is 0 Å². The molecule has 5 aromatic rings. The number of aromatic nitrogens is 1. The number of amides is 7. The Balaban J connectivity index is 1.41. The Hall–Kier alpha value is -8.52. The summed E-state index contributed by atoms with van der Waals surface area (Å²) in [6.45, 7) is 1.63. The highest BCUT2D eigenvalue weighted by Gasteiger charge is 2.36. The summed E-state index contributed by atoms with van der Waals surface area (Å²) in [6, 6.07) is 19.3. The third kappa shape index (κ3) is 20.5. The van der Waals surface area contributed by atoms with Gasteiger partial charge in [0.05, 0.1) is 12.1 Å². The maximum atomic E-state index is 14.8. The third-order valence-corrected chi connectivity index (χ3v) is 13.7. The number of para-hydroxylation sites is 1. The quantitative estimate of drug-likeness (QED) is 0.0111. The van der Waals surface area contributed by atoms with Crippen LogP contribution in [-0.2, 0) is 64.0 Å². The van der Waals surface area contributed by atoms with Crippen molar-refractivity contribution in [3.05, 3.63) is 138 Å². The lowest BCUT2D eigenvalue weighted by Gasteiger charge is -2.28. The molecule has 0 unspecified atom stereocenters. The first-order valence-electron chi connectivity index (χ1n) is 26.8. The summed E-state index contributed by atoms with van der Waals surface area (Å²) in [5, 5.41) is 60.1. The van der Waals surface area contributed by atoms with E-state index in [0.29, 0.717) is 40.4 Å². The van der Waals surface area contributed by atoms with Gasteiger partial charge in [0.1, 0.15) is 48.0 Å². The summed E-state index contributed by atoms with van der Waals surface area (Å²) in [7, 11) is 0. The summed E-state index contributed by atoms with van der Waals surface area (Å²) < 4.78 is 0. The molecular formula is C57H75N13O11S. The lowest BCUT2D eigenvalue weighted by atomic mass is 10.0. The summed E-state index contributed by atoms with van der Waals surface area (Å²) >= 11 is 4.36. The zero-order chi connectivity index (χ0) is 59.7. The minimum atomic E-state index is -1.68. The van der Waals surface area contributed by atoms with E-state index in [-0.39, 0.29) is 75.5 Å². The van der Waals surface area contributed by atoms with Crippen molar-refractivity contribution in [2.75, 3.05) is 18.8 Å². The van der Waals surface area contributed by atoms with Crippen molar-refractivity contribution in [3.63, 3.8) is 0 Å². The van der Waals surface area contributed by atoms with E-state index in [1.54, 1.807) is 79.0 Å². The van der Waals surface area contributed by atoms with E-state index in [1.807, 2.05) is 12.1 Å². The van der Waals surface area contributed by atoms with Crippen molar-refractivity contribution in [1.82, 2.24) is 47.5 Å². The molecule has 440 valence electrons. The second-order valence-electron chi connectivity index (χ2n) is 19.8. The molecule has 0 saturated carbocycles. The molecular weight excluding hydrogens is 1070 g/mol. The number of phenolic OH excluding ortho intramolecular Hbond substituents is 1. The second-order valence-corrected chi connectivity index (χ2v) is 20.2. The van der Waals surface area contributed by atoms with Crippen LogP contribution in [0.25, 0.3) is 10.9 Å². The van der Waals surface area contributed by atoms with Crippen molar-refractivity contribution in [2.45, 2.75) is 119 Å². The second kappa shape index (κ2) is 32.7. The van der Waals surface area contributed by atoms with E-state index >= 15 is 0 Å². The number of phenols is 1. The number of hydrogen-bond donors (Lipinski definition) is 17. The summed E-state index contributed by atoms with van der Waals surface area (Å²) in [5.74, 6) is -8.04. The lowest BCUT2D eigenvalue weighted by Crippen LogP contribution is -2.61. The fourth-order valence-corrected chi connectivity index (χ4v) is 9.12. The van der Waals surface area contributed by atoms with E-state index in [9.17, 15) is 53.7 Å². The number of carboxylic acids is 1. The fourth-order valence-electron chi connectivity index (χ4n) is 8.86. The molecule has 24 nitrogen and oxygen atoms in total. The summed E-state index contributed by atoms with van der Waals surface area (Å²) in [6.07, 6.45) is 0.732. The van der Waals surface area contributed by atoms with Gasteiger partial charge in [-0.2, -0.15) is 12.6 Å². The first kappa shape index (κ1) is 64.3. The first-order chi connectivity index (χ1) is 39.3. The molecule has 0 bridgehead atoms. The van der Waals surface area contributed by atoms with Crippen molar-refractivity contribution < 1.29 is 53.7 Å². The number of aromatic amines is 1. The molecule has 1 aromatic heterocycles. The zero-order valence-electron chi connectivity index (χ0n) is 45.4. The van der Waals surface area contributed by atoms with E-state index in [1.165, 1.54) is 31.2 Å². The number of guanidine groups is 1. The molecule has 4 aromatic carbocycles. The summed E-state index contributed by atoms with van der Waals surface area (Å²) in [4.78, 5) is 115. The molecule has 0 spiro atoms. The van der Waals surface area contributed by atoms with Crippen LogP contribution in [-0.4, -0.2) is 147 Å². The van der Waals surface area contributed by atoms with E-state index in [2.05, 4.69) is 60.1 Å². The minimum absolute atomic E-state index is 0.0248. The fraction of sp³-hybridized carbons (Fsp3) is 0.386. The van der Waals surface area contributed by atoms with Gasteiger partial charge in [-0.15, -0.1) is 0 Å². The molecule has 0 aliphatic rings. The number of aromatic hydroxyl groups is 1. The molecule has 9 atom stereocenters. The number of nitrogens with two attached hydrogens (primary N) is 3. The van der Waals surface area contributed by atoms with Crippen molar-refractivity contribution in [2.24, 2.45) is 17.2 Å². The third-order valence-electron chi connectivity index (χ3n) is 13.3. The van der Waals surface area contributed by atoms with Crippen LogP contribution in [0.5, 0.6) is 5.75 Å². The van der Waals surface area contributed by atoms with Crippen molar-refractivity contribution in [1.29, 1.82) is 5.41 Å². The van der Waals surface area contributed by atoms with Crippen LogP contribution in [0, 0.1) is 5.41 Å². The number of hydrogen-bond acceptors (Lipinski definition) is 14. The summed E-state index contributed by atoms with van der Waals surface area (Å²) in [5.41, 5.74) is 20.6. The van der Waals surface area contributed by atoms with Gasteiger partial charge in [0.15, 0.2) is 5.96 Å². The Kier molecular flexibility index (Phi) is 25.6. The number of nitrogens with one attached hydrogen (secondary N) is 10. The Morgan fingerprint density at radius 3 is 1.63 bits per heavy atom. The molecule has 1 heterocycles. The minimum Gasteiger partial charge on any atom is -0.508 e. The average Bonchev–Trinajstić information content (AvgIpc) is 4.13. The average molecular weight is 1150 g/mol. The Bertz CT molecular complexity index is 2930. The molecule has 82 heavy (non-hydrogen) atoms. The largest absolute Gasteiger partial charge is 0.508 e. The van der Waals surface area contributed by atoms with Crippen LogP contribution in [0.2, 0.25) is 0 Å². The van der Waals surface area contributed by atoms with Crippen molar-refractivity contribution >= 4 is 76.8 Å². The molecule has 0 aliphatic heterocycles. The Morgan fingerprint density at radius 1 is 0.573 bits per heavy atom. The van der Waals surface area contributed by atoms with Gasteiger partial charge in [-0.05, 0) is 92.4 Å². The Morgan fingerprint density at radius 2 is 1.05 bits per heavy atom. The normalized spacial score (nSPS) is 14.4. The first-order valence-corrected chi connectivity index (χ1v) is 27.5. The number of fused-ring (bicyclic) bond motifs is 1. The molecule has 0 radical (unpaired) electrons. The molecule has 19 N–H and O–H groups in total. The van der Waals surface area contributed by atoms with Crippen LogP contribution < -0.4 is 59.7 Å². The van der Waals surface area contributed by atoms with Crippen molar-refractivity contribution in [3.8, 4) is 5.75 Å². The van der Waals surface area contributed by atoms with Crippen LogP contribution in [0.1, 0.15) is 61.3 Å². The predicted molar refractivity (Wildman–Crippen MR) is 311 cm³/mol. The number of rotatable bonds is 33. The highest BCUT2D eigenvalue weighted by atomic mass is 32.1. The van der Waals surface area contributed by atoms with E-state index in [0.717, 1.165) is 5.56 Å². The molecule has 5 rings (SSSR count). The van der Waals surface area contributed by atoms with Gasteiger partial charge in [-0.3, -0.25) is 39.0 Å². The zero-order valence-corrected chi connectivity index (χ0v) is 46.3. The van der Waals surface area contributed by atoms with Gasteiger partial charge < -0.3 is 80.0 Å². The lowest BCUT2D eigenvalue weighted by molar-refractivity contribution is -0.143. The van der Waals surface area contributed by atoms with Gasteiger partial charge in [-0.25, -0.2) is 4.79 Å². The number of unbranched alkanes of at least 4 members (excludes halogenated alkanes) is 1. The van der Waals surface area contributed by atoms with Crippen LogP contribution >= 0.6 is 12.6 Å². The van der Waals surface area contributed by atoms with Gasteiger partial charge in [0, 0.05) is 48.7 Å². The number of aliphatic hydroxyl groups excluding tert-OH is 1. The van der Waals surface area contributed by atoms with E-state index < -0.39 is 102 Å². The van der Waals surface area contributed by atoms with Crippen LogP contribution in [0.15, 0.2) is 115 Å². The van der Waals surface area contributed by atoms with Crippen LogP contribution in [0.3, 0.4) is 0 Å². The number of carboxylic acid groups (broad SMARTS) is 1. The number of thiol groups is 1. The van der Waals surface area contributed by atoms with Gasteiger partial charge >= 0.3 is 5.97 Å². The number of benzene rings is 4. The maximum absolute atomic E-state index is 14.8. The Labute approximate surface area is 480 Å². The van der Waals surface area contributed by atoms with Gasteiger partial charge in [-0.1, -0.05) is 91.0 Å². The standard InChI is InChI=1S/C57H75N13O11S/c1-33(71)48(55(79)68-46(56(80)81)29-35-15-6-3-7-16-35)70-51(75)42(19-10-11-25-58)65-53(77)45(30-37-31-63-41-18-9-8-17-39(37)41)67-52(76)44(28-36-21-23-38(72)24-22-36)66-54(78)47(32-82)69-50(74)43(20-12-26-62-57(60)61)64-49(73)40(59)27-34-13-4-2-5-14-34/h2-9,13-18,21-24,31,33,40,42-48,63,71-72,82H,10-12,19-20,25-30,32,58-59H2,1H3,(H,64,73)(H,65,77)(H,66,78)(H,67,76)(H,68,79)(H,69,74)(H,70,75)(H,80,81)(H4,60,61,62)/t33-,40-,42+,43+,44+,45-,46+,47+,48+/m1/s1. The predicted octanol–water partition coefficient (Wildman–Crippen LogP) is -0.348. The monoisotopic (exact) mass is 1150 g/mol. The topological polar surface area (TPSA) is 411 Å². The van der Waals surface area contributed by atoms with E-state index in [4.69, 9.17) is 22.6 Å². The molecule has 7 amide bonds. The smallest absolute Gasteiger partial charge is 0.326 e. The molecule has 0 aliphatic carbocycles. The molecule has 25 heteroatoms. The number of aliphatic carboxylic acids is 1. The molecule has 0 saturated heterocycles. The maximum Gasteiger partial charge on any atom is 0.326 e. The molecule has 0 fully saturated rings. The number of carbonyl (C=O) groups is 8. The number of aliphatic hydroxyl groups is 1. The van der Waals surface area contributed by atoms with Gasteiger partial charge in [0.2, 0.25) is 41.4 Å². The SMILES string of the molecule is C[C@@H](O)[C@H](NC(=O)[C@H](CCCCN)NC(=O)[C@@H](Cc1c[nH]c2ccccc12)NC(=O)[C@H](Cc1ccc(O)cc1)NC(=O)[C@H](CS)NC(=O)[C@H](CCCNC(=N)N)NC(=O)[C@H](N)Cc1ccccc1)C(=O)N[C@@H](Cc1ccccc1)C(=O)O. The number of carbonyl (C=O) groups excluding carboxylic acids is 7. The number of H-pyrrole nitrogens is 1. The highest BCUT2D eigenvalue weighted by molar-refractivity contribution is 7.80. The highest BCUT2D eigenvalue weighted by Crippen LogP contribution is 2.20.